The highest BCUT2D eigenvalue weighted by atomic mass is 32.2. The third kappa shape index (κ3) is 7.28. The Hall–Kier alpha value is -2.54. The first-order valence-corrected chi connectivity index (χ1v) is 12.4. The van der Waals surface area contributed by atoms with Crippen LogP contribution in [0.25, 0.3) is 0 Å². The number of carbonyl (C=O) groups excluding carboxylic acids is 1. The van der Waals surface area contributed by atoms with Crippen LogP contribution in [0.4, 0.5) is 5.69 Å². The number of carbonyl (C=O) groups is 1. The van der Waals surface area contributed by atoms with Crippen molar-refractivity contribution < 1.29 is 17.9 Å². The molecule has 0 aliphatic carbocycles. The molecule has 0 saturated heterocycles. The molecule has 1 N–H and O–H groups in total. The maximum absolute atomic E-state index is 12.8. The van der Waals surface area contributed by atoms with E-state index in [-0.39, 0.29) is 12.0 Å². The van der Waals surface area contributed by atoms with Gasteiger partial charge in [-0.05, 0) is 82.3 Å². The van der Waals surface area contributed by atoms with E-state index in [0.717, 1.165) is 41.5 Å². The minimum absolute atomic E-state index is 0.117. The topological polar surface area (TPSA) is 75.7 Å². The molecule has 0 aromatic heterocycles. The third-order valence-electron chi connectivity index (χ3n) is 4.90. The average molecular weight is 447 g/mol. The van der Waals surface area contributed by atoms with Crippen molar-refractivity contribution in [1.29, 1.82) is 0 Å². The molecule has 0 heterocycles. The van der Waals surface area contributed by atoms with Crippen molar-refractivity contribution in [3.63, 3.8) is 0 Å². The standard InChI is InChI=1S/C24H34N2O4S/c1-17(2)30-22-11-7-9-21(16-22)10-8-14-25-24(27)20(5)26(31(6,28)29)23-15-18(3)12-13-19(23)4/h7,9,11-13,15-17,20H,8,10,14H2,1-6H3,(H,25,27)/t20-/m1/s1. The molecule has 0 saturated carbocycles. The quantitative estimate of drug-likeness (QED) is 0.560. The molecular formula is C24H34N2O4S. The van der Waals surface area contributed by atoms with Crippen LogP contribution in [0.1, 0.15) is 43.9 Å². The Kier molecular flexibility index (Phi) is 8.51. The van der Waals surface area contributed by atoms with Gasteiger partial charge in [0.15, 0.2) is 0 Å². The maximum Gasteiger partial charge on any atom is 0.243 e. The summed E-state index contributed by atoms with van der Waals surface area (Å²) in [5.41, 5.74) is 3.41. The first-order valence-electron chi connectivity index (χ1n) is 10.6. The molecule has 0 unspecified atom stereocenters. The fraction of sp³-hybridized carbons (Fsp3) is 0.458. The molecule has 1 amide bonds. The number of ether oxygens (including phenoxy) is 1. The molecule has 0 bridgehead atoms. The molecule has 0 aliphatic rings. The van der Waals surface area contributed by atoms with Crippen molar-refractivity contribution >= 4 is 21.6 Å². The number of hydrogen-bond donors (Lipinski definition) is 1. The highest BCUT2D eigenvalue weighted by Crippen LogP contribution is 2.26. The predicted molar refractivity (Wildman–Crippen MR) is 126 cm³/mol. The van der Waals surface area contributed by atoms with E-state index in [2.05, 4.69) is 5.32 Å². The van der Waals surface area contributed by atoms with Gasteiger partial charge in [0, 0.05) is 6.54 Å². The van der Waals surface area contributed by atoms with E-state index < -0.39 is 16.1 Å². The number of aryl methyl sites for hydroxylation is 3. The highest BCUT2D eigenvalue weighted by molar-refractivity contribution is 7.92. The summed E-state index contributed by atoms with van der Waals surface area (Å²) in [7, 11) is -3.63. The van der Waals surface area contributed by atoms with Gasteiger partial charge >= 0.3 is 0 Å². The summed E-state index contributed by atoms with van der Waals surface area (Å²) < 4.78 is 31.9. The monoisotopic (exact) mass is 446 g/mol. The second-order valence-electron chi connectivity index (χ2n) is 8.23. The number of sulfonamides is 1. The molecule has 2 aromatic carbocycles. The smallest absolute Gasteiger partial charge is 0.243 e. The number of nitrogens with one attached hydrogen (secondary N) is 1. The Balaban J connectivity index is 2.00. The number of nitrogens with zero attached hydrogens (tertiary/aromatic N) is 1. The van der Waals surface area contributed by atoms with E-state index in [1.807, 2.05) is 64.1 Å². The van der Waals surface area contributed by atoms with Crippen molar-refractivity contribution in [3.8, 4) is 5.75 Å². The lowest BCUT2D eigenvalue weighted by atomic mass is 10.1. The van der Waals surface area contributed by atoms with Crippen molar-refractivity contribution in [2.75, 3.05) is 17.1 Å². The first-order chi connectivity index (χ1) is 14.5. The van der Waals surface area contributed by atoms with Crippen LogP contribution in [-0.2, 0) is 21.2 Å². The van der Waals surface area contributed by atoms with E-state index in [1.54, 1.807) is 13.0 Å². The fourth-order valence-corrected chi connectivity index (χ4v) is 4.66. The van der Waals surface area contributed by atoms with Gasteiger partial charge in [-0.3, -0.25) is 9.10 Å². The van der Waals surface area contributed by atoms with Crippen LogP contribution < -0.4 is 14.4 Å². The zero-order chi connectivity index (χ0) is 23.2. The van der Waals surface area contributed by atoms with Gasteiger partial charge in [-0.25, -0.2) is 8.42 Å². The van der Waals surface area contributed by atoms with Gasteiger partial charge in [-0.1, -0.05) is 24.3 Å². The number of anilines is 1. The Morgan fingerprint density at radius 3 is 2.45 bits per heavy atom. The maximum atomic E-state index is 12.8. The summed E-state index contributed by atoms with van der Waals surface area (Å²) in [6, 6.07) is 12.7. The van der Waals surface area contributed by atoms with E-state index in [0.29, 0.717) is 12.2 Å². The van der Waals surface area contributed by atoms with E-state index in [9.17, 15) is 13.2 Å². The Labute approximate surface area is 186 Å². The molecule has 170 valence electrons. The number of rotatable bonds is 10. The number of hydrogen-bond acceptors (Lipinski definition) is 4. The van der Waals surface area contributed by atoms with Gasteiger partial charge in [-0.2, -0.15) is 0 Å². The molecule has 1 atom stereocenters. The van der Waals surface area contributed by atoms with Crippen LogP contribution in [0, 0.1) is 13.8 Å². The van der Waals surface area contributed by atoms with Crippen molar-refractivity contribution in [2.45, 2.75) is 59.6 Å². The molecule has 0 spiro atoms. The molecule has 7 heteroatoms. The zero-order valence-corrected chi connectivity index (χ0v) is 20.1. The lowest BCUT2D eigenvalue weighted by molar-refractivity contribution is -0.121. The Bertz CT molecular complexity index is 1000. The number of benzene rings is 2. The van der Waals surface area contributed by atoms with Crippen molar-refractivity contribution in [2.24, 2.45) is 0 Å². The van der Waals surface area contributed by atoms with Crippen LogP contribution in [0.2, 0.25) is 0 Å². The second-order valence-corrected chi connectivity index (χ2v) is 10.1. The molecule has 2 rings (SSSR count). The fourth-order valence-electron chi connectivity index (χ4n) is 3.44. The average Bonchev–Trinajstić information content (AvgIpc) is 2.66. The van der Waals surface area contributed by atoms with Crippen LogP contribution in [0.5, 0.6) is 5.75 Å². The second kappa shape index (κ2) is 10.7. The van der Waals surface area contributed by atoms with Crippen LogP contribution in [-0.4, -0.2) is 39.3 Å². The normalized spacial score (nSPS) is 12.5. The first kappa shape index (κ1) is 24.7. The molecule has 0 radical (unpaired) electrons. The summed E-state index contributed by atoms with van der Waals surface area (Å²) in [5.74, 6) is 0.519. The minimum Gasteiger partial charge on any atom is -0.491 e. The van der Waals surface area contributed by atoms with Gasteiger partial charge in [0.2, 0.25) is 15.9 Å². The largest absolute Gasteiger partial charge is 0.491 e. The molecule has 6 nitrogen and oxygen atoms in total. The summed E-state index contributed by atoms with van der Waals surface area (Å²) in [5, 5.41) is 2.88. The van der Waals surface area contributed by atoms with Gasteiger partial charge in [0.05, 0.1) is 18.0 Å². The van der Waals surface area contributed by atoms with E-state index in [4.69, 9.17) is 4.74 Å². The van der Waals surface area contributed by atoms with Crippen molar-refractivity contribution in [3.05, 3.63) is 59.2 Å². The lowest BCUT2D eigenvalue weighted by Gasteiger charge is -2.29. The summed E-state index contributed by atoms with van der Waals surface area (Å²) in [6.45, 7) is 9.79. The summed E-state index contributed by atoms with van der Waals surface area (Å²) in [4.78, 5) is 12.8. The molecule has 0 fully saturated rings. The van der Waals surface area contributed by atoms with E-state index in [1.165, 1.54) is 4.31 Å². The van der Waals surface area contributed by atoms with Gasteiger partial charge in [-0.15, -0.1) is 0 Å². The van der Waals surface area contributed by atoms with Gasteiger partial charge in [0.1, 0.15) is 11.8 Å². The van der Waals surface area contributed by atoms with Gasteiger partial charge in [0.25, 0.3) is 0 Å². The SMILES string of the molecule is Cc1ccc(C)c(N([C@H](C)C(=O)NCCCc2cccc(OC(C)C)c2)S(C)(=O)=O)c1. The van der Waals surface area contributed by atoms with Gasteiger partial charge < -0.3 is 10.1 Å². The summed E-state index contributed by atoms with van der Waals surface area (Å²) >= 11 is 0. The highest BCUT2D eigenvalue weighted by Gasteiger charge is 2.30. The van der Waals surface area contributed by atoms with Crippen LogP contribution in [0.15, 0.2) is 42.5 Å². The van der Waals surface area contributed by atoms with Crippen molar-refractivity contribution in [1.82, 2.24) is 5.32 Å². The molecule has 31 heavy (non-hydrogen) atoms. The summed E-state index contributed by atoms with van der Waals surface area (Å²) in [6.07, 6.45) is 2.78. The van der Waals surface area contributed by atoms with Crippen LogP contribution >= 0.6 is 0 Å². The lowest BCUT2D eigenvalue weighted by Crippen LogP contribution is -2.48. The molecule has 2 aromatic rings. The van der Waals surface area contributed by atoms with E-state index >= 15 is 0 Å². The predicted octanol–water partition coefficient (Wildman–Crippen LogP) is 3.99. The van der Waals surface area contributed by atoms with Crippen LogP contribution in [0.3, 0.4) is 0 Å². The molecule has 0 aliphatic heterocycles. The Morgan fingerprint density at radius 1 is 1.10 bits per heavy atom. The Morgan fingerprint density at radius 2 is 1.81 bits per heavy atom. The molecular weight excluding hydrogens is 412 g/mol. The third-order valence-corrected chi connectivity index (χ3v) is 6.13. The zero-order valence-electron chi connectivity index (χ0n) is 19.3. The number of amides is 1. The minimum atomic E-state index is -3.63.